The number of esters is 1. The van der Waals surface area contributed by atoms with Crippen LogP contribution in [0.3, 0.4) is 0 Å². The van der Waals surface area contributed by atoms with Crippen LogP contribution in [0.2, 0.25) is 0 Å². The third-order valence-electron chi connectivity index (χ3n) is 5.15. The molecule has 0 unspecified atom stereocenters. The first-order valence-electron chi connectivity index (χ1n) is 9.89. The minimum Gasteiger partial charge on any atom is -0.468 e. The summed E-state index contributed by atoms with van der Waals surface area (Å²) in [7, 11) is -6.26. The van der Waals surface area contributed by atoms with Crippen molar-refractivity contribution in [2.45, 2.75) is 37.1 Å². The number of benzene rings is 2. The summed E-state index contributed by atoms with van der Waals surface area (Å²) < 4.78 is 59.3. The zero-order valence-electron chi connectivity index (χ0n) is 17.4. The van der Waals surface area contributed by atoms with E-state index < -0.39 is 32.1 Å². The molecule has 0 spiro atoms. The molecule has 10 heteroatoms. The second-order valence-electron chi connectivity index (χ2n) is 7.43. The van der Waals surface area contributed by atoms with Crippen LogP contribution >= 0.6 is 0 Å². The quantitative estimate of drug-likeness (QED) is 0.625. The van der Waals surface area contributed by atoms with Gasteiger partial charge in [0.25, 0.3) is 0 Å². The highest BCUT2D eigenvalue weighted by Crippen LogP contribution is 2.27. The minimum absolute atomic E-state index is 0.0207. The number of sulfonamides is 2. The van der Waals surface area contributed by atoms with Gasteiger partial charge in [-0.2, -0.15) is 4.72 Å². The van der Waals surface area contributed by atoms with Crippen molar-refractivity contribution in [3.05, 3.63) is 59.7 Å². The van der Waals surface area contributed by atoms with Gasteiger partial charge in [-0.25, -0.2) is 16.8 Å². The Hall–Kier alpha value is -2.43. The van der Waals surface area contributed by atoms with Gasteiger partial charge in [0, 0.05) is 6.54 Å². The van der Waals surface area contributed by atoms with E-state index in [4.69, 9.17) is 4.74 Å². The topological polar surface area (TPSA) is 110 Å². The Morgan fingerprint density at radius 2 is 1.87 bits per heavy atom. The Balaban J connectivity index is 1.87. The van der Waals surface area contributed by atoms with E-state index in [9.17, 15) is 21.6 Å². The average molecular weight is 467 g/mol. The van der Waals surface area contributed by atoms with Gasteiger partial charge in [0.15, 0.2) is 0 Å². The molecule has 0 saturated carbocycles. The van der Waals surface area contributed by atoms with Gasteiger partial charge in [-0.3, -0.25) is 9.10 Å². The summed E-state index contributed by atoms with van der Waals surface area (Å²) in [5.74, 6) is -0.616. The fourth-order valence-electron chi connectivity index (χ4n) is 3.59. The Labute approximate surface area is 183 Å². The first-order valence-corrected chi connectivity index (χ1v) is 13.0. The number of aryl methyl sites for hydroxylation is 1. The van der Waals surface area contributed by atoms with Crippen molar-refractivity contribution in [1.82, 2.24) is 4.72 Å². The van der Waals surface area contributed by atoms with Gasteiger partial charge in [-0.1, -0.05) is 30.3 Å². The average Bonchev–Trinajstić information content (AvgIpc) is 2.72. The van der Waals surface area contributed by atoms with Gasteiger partial charge in [0.2, 0.25) is 20.0 Å². The predicted octanol–water partition coefficient (Wildman–Crippen LogP) is 1.99. The molecule has 0 aliphatic carbocycles. The number of hydrogen-bond acceptors (Lipinski definition) is 6. The molecule has 2 aromatic rings. The molecule has 1 heterocycles. The lowest BCUT2D eigenvalue weighted by atomic mass is 10.1. The zero-order chi connectivity index (χ0) is 22.6. The Morgan fingerprint density at radius 3 is 2.48 bits per heavy atom. The van der Waals surface area contributed by atoms with Crippen LogP contribution in [0.5, 0.6) is 0 Å². The molecule has 1 saturated heterocycles. The lowest BCUT2D eigenvalue weighted by molar-refractivity contribution is -0.142. The summed E-state index contributed by atoms with van der Waals surface area (Å²) in [4.78, 5) is 12.2. The molecular formula is C21H26N2O6S2. The van der Waals surface area contributed by atoms with Crippen LogP contribution in [0.4, 0.5) is 5.69 Å². The highest BCUT2D eigenvalue weighted by molar-refractivity contribution is 7.92. The van der Waals surface area contributed by atoms with E-state index in [0.29, 0.717) is 24.2 Å². The highest BCUT2D eigenvalue weighted by Gasteiger charge is 2.30. The third kappa shape index (κ3) is 5.44. The number of anilines is 1. The second kappa shape index (κ2) is 9.37. The molecule has 1 aliphatic heterocycles. The van der Waals surface area contributed by atoms with Gasteiger partial charge in [0.1, 0.15) is 6.04 Å². The molecule has 1 atom stereocenters. The van der Waals surface area contributed by atoms with Crippen LogP contribution in [0.15, 0.2) is 53.4 Å². The van der Waals surface area contributed by atoms with Gasteiger partial charge in [-0.15, -0.1) is 0 Å². The van der Waals surface area contributed by atoms with E-state index in [1.54, 1.807) is 37.3 Å². The molecule has 8 nitrogen and oxygen atoms in total. The smallest absolute Gasteiger partial charge is 0.324 e. The zero-order valence-corrected chi connectivity index (χ0v) is 19.1. The number of methoxy groups -OCH3 is 1. The summed E-state index contributed by atoms with van der Waals surface area (Å²) in [6.07, 6.45) is 1.50. The number of rotatable bonds is 7. The van der Waals surface area contributed by atoms with Gasteiger partial charge < -0.3 is 4.74 Å². The molecule has 0 amide bonds. The fraction of sp³-hybridized carbons (Fsp3) is 0.381. The summed E-state index contributed by atoms with van der Waals surface area (Å²) in [5.41, 5.74) is 1.60. The van der Waals surface area contributed by atoms with Gasteiger partial charge >= 0.3 is 5.97 Å². The van der Waals surface area contributed by atoms with Crippen molar-refractivity contribution in [3.8, 4) is 0 Å². The first-order chi connectivity index (χ1) is 14.6. The molecule has 168 valence electrons. The first kappa shape index (κ1) is 23.2. The number of carbonyl (C=O) groups excluding carboxylic acids is 1. The van der Waals surface area contributed by atoms with E-state index in [1.807, 2.05) is 6.07 Å². The Kier molecular flexibility index (Phi) is 7.03. The van der Waals surface area contributed by atoms with Crippen LogP contribution in [-0.2, 0) is 36.0 Å². The number of ether oxygens (including phenoxy) is 1. The van der Waals surface area contributed by atoms with Crippen molar-refractivity contribution in [2.75, 3.05) is 23.7 Å². The maximum Gasteiger partial charge on any atom is 0.324 e. The van der Waals surface area contributed by atoms with E-state index in [1.165, 1.54) is 23.5 Å². The molecule has 0 aromatic heterocycles. The number of nitrogens with one attached hydrogen (secondary N) is 1. The summed E-state index contributed by atoms with van der Waals surface area (Å²) in [6, 6.07) is 12.3. The van der Waals surface area contributed by atoms with Gasteiger partial charge in [-0.05, 0) is 55.5 Å². The Bertz CT molecular complexity index is 1150. The van der Waals surface area contributed by atoms with Crippen LogP contribution in [-0.4, -0.2) is 48.3 Å². The van der Waals surface area contributed by atoms with Crippen LogP contribution in [0.1, 0.15) is 24.0 Å². The summed E-state index contributed by atoms with van der Waals surface area (Å²) >= 11 is 0. The SMILES string of the molecule is COC(=O)[C@H](Cc1ccccc1)NS(=O)(=O)c1ccc(N2CCCCS2(=O)=O)cc1C. The molecular weight excluding hydrogens is 440 g/mol. The standard InChI is InChI=1S/C21H26N2O6S2/c1-16-14-18(23-12-6-7-13-30(23,25)26)10-11-20(16)31(27,28)22-19(21(24)29-2)15-17-8-4-3-5-9-17/h3-5,8-11,14,19,22H,6-7,12-13,15H2,1-2H3/t19-/m0/s1. The molecule has 2 aromatic carbocycles. The van der Waals surface area contributed by atoms with Crippen molar-refractivity contribution >= 4 is 31.7 Å². The van der Waals surface area contributed by atoms with Crippen molar-refractivity contribution in [2.24, 2.45) is 0 Å². The van der Waals surface area contributed by atoms with Crippen LogP contribution in [0, 0.1) is 6.92 Å². The molecule has 1 fully saturated rings. The lowest BCUT2D eigenvalue weighted by Gasteiger charge is -2.28. The van der Waals surface area contributed by atoms with E-state index in [0.717, 1.165) is 12.0 Å². The molecule has 1 aliphatic rings. The second-order valence-corrected chi connectivity index (χ2v) is 11.1. The largest absolute Gasteiger partial charge is 0.468 e. The lowest BCUT2D eigenvalue weighted by Crippen LogP contribution is -2.43. The number of nitrogens with zero attached hydrogens (tertiary/aromatic N) is 1. The van der Waals surface area contributed by atoms with Crippen LogP contribution < -0.4 is 9.03 Å². The molecule has 31 heavy (non-hydrogen) atoms. The monoisotopic (exact) mass is 466 g/mol. The molecule has 3 rings (SSSR count). The number of carbonyl (C=O) groups is 1. The summed E-state index contributed by atoms with van der Waals surface area (Å²) in [6.45, 7) is 1.96. The summed E-state index contributed by atoms with van der Waals surface area (Å²) in [5, 5.41) is 0. The van der Waals surface area contributed by atoms with E-state index in [2.05, 4.69) is 4.72 Å². The molecule has 0 bridgehead atoms. The molecule has 0 radical (unpaired) electrons. The van der Waals surface area contributed by atoms with Crippen molar-refractivity contribution in [1.29, 1.82) is 0 Å². The van der Waals surface area contributed by atoms with Crippen molar-refractivity contribution in [3.63, 3.8) is 0 Å². The minimum atomic E-state index is -4.06. The maximum absolute atomic E-state index is 13.0. The molecule has 1 N–H and O–H groups in total. The predicted molar refractivity (Wildman–Crippen MR) is 118 cm³/mol. The third-order valence-corrected chi connectivity index (χ3v) is 8.65. The van der Waals surface area contributed by atoms with Gasteiger partial charge in [0.05, 0.1) is 23.4 Å². The fourth-order valence-corrected chi connectivity index (χ4v) is 6.63. The van der Waals surface area contributed by atoms with Crippen molar-refractivity contribution < 1.29 is 26.4 Å². The number of hydrogen-bond donors (Lipinski definition) is 1. The normalized spacial score (nSPS) is 17.2. The van der Waals surface area contributed by atoms with Crippen LogP contribution in [0.25, 0.3) is 0 Å². The van der Waals surface area contributed by atoms with E-state index in [-0.39, 0.29) is 17.1 Å². The maximum atomic E-state index is 13.0. The Morgan fingerprint density at radius 1 is 1.16 bits per heavy atom. The van der Waals surface area contributed by atoms with E-state index >= 15 is 0 Å². The highest BCUT2D eigenvalue weighted by atomic mass is 32.2.